The van der Waals surface area contributed by atoms with Gasteiger partial charge < -0.3 is 4.74 Å². The maximum atomic E-state index is 5.17. The molecule has 3 nitrogen and oxygen atoms in total. The lowest BCUT2D eigenvalue weighted by molar-refractivity contribution is 0.414. The van der Waals surface area contributed by atoms with E-state index in [9.17, 15) is 0 Å². The van der Waals surface area contributed by atoms with E-state index in [0.29, 0.717) is 0 Å². The van der Waals surface area contributed by atoms with Gasteiger partial charge in [-0.1, -0.05) is 12.1 Å². The summed E-state index contributed by atoms with van der Waals surface area (Å²) >= 11 is 2.25. The Kier molecular flexibility index (Phi) is 3.25. The molecule has 0 saturated heterocycles. The predicted molar refractivity (Wildman–Crippen MR) is 67.0 cm³/mol. The van der Waals surface area contributed by atoms with Crippen LogP contribution < -0.4 is 4.74 Å². The molecule has 2 rings (SSSR count). The summed E-state index contributed by atoms with van der Waals surface area (Å²) in [7, 11) is 1.68. The standard InChI is InChI=1S/C11H11IN2O/c1-15-11-4-2-3-9(5-11)7-14-8-10(12)6-13-14/h2-6,8H,7H2,1H3. The van der Waals surface area contributed by atoms with Crippen LogP contribution in [0, 0.1) is 3.57 Å². The van der Waals surface area contributed by atoms with Crippen LogP contribution in [-0.4, -0.2) is 16.9 Å². The fourth-order valence-corrected chi connectivity index (χ4v) is 1.83. The quantitative estimate of drug-likeness (QED) is 0.814. The van der Waals surface area contributed by atoms with Gasteiger partial charge in [0.15, 0.2) is 0 Å². The molecule has 4 heteroatoms. The molecule has 78 valence electrons. The SMILES string of the molecule is COc1cccc(Cn2cc(I)cn2)c1. The van der Waals surface area contributed by atoms with Crippen LogP contribution >= 0.6 is 22.6 Å². The molecule has 2 aromatic rings. The average molecular weight is 314 g/mol. The molecular formula is C11H11IN2O. The third-order valence-electron chi connectivity index (χ3n) is 2.08. The topological polar surface area (TPSA) is 27.1 Å². The summed E-state index contributed by atoms with van der Waals surface area (Å²) in [6.45, 7) is 0.778. The van der Waals surface area contributed by atoms with Gasteiger partial charge in [0, 0.05) is 6.20 Å². The van der Waals surface area contributed by atoms with Crippen molar-refractivity contribution in [3.8, 4) is 5.75 Å². The van der Waals surface area contributed by atoms with Crippen LogP contribution in [-0.2, 0) is 6.54 Å². The van der Waals surface area contributed by atoms with E-state index >= 15 is 0 Å². The van der Waals surface area contributed by atoms with Crippen LogP contribution in [0.2, 0.25) is 0 Å². The second-order valence-corrected chi connectivity index (χ2v) is 4.45. The van der Waals surface area contributed by atoms with E-state index in [1.54, 1.807) is 7.11 Å². The Bertz CT molecular complexity index is 453. The maximum Gasteiger partial charge on any atom is 0.119 e. The summed E-state index contributed by atoms with van der Waals surface area (Å²) in [5.41, 5.74) is 1.19. The summed E-state index contributed by atoms with van der Waals surface area (Å²) in [5.74, 6) is 0.884. The van der Waals surface area contributed by atoms with Crippen molar-refractivity contribution >= 4 is 22.6 Å². The van der Waals surface area contributed by atoms with Crippen molar-refractivity contribution in [2.24, 2.45) is 0 Å². The Labute approximate surface area is 102 Å². The van der Waals surface area contributed by atoms with E-state index in [4.69, 9.17) is 4.74 Å². The molecule has 15 heavy (non-hydrogen) atoms. The molecule has 0 unspecified atom stereocenters. The maximum absolute atomic E-state index is 5.17. The van der Waals surface area contributed by atoms with Gasteiger partial charge in [0.05, 0.1) is 23.4 Å². The molecule has 0 aliphatic carbocycles. The Morgan fingerprint density at radius 3 is 3.00 bits per heavy atom. The molecule has 0 spiro atoms. The van der Waals surface area contributed by atoms with Crippen molar-refractivity contribution in [1.29, 1.82) is 0 Å². The highest BCUT2D eigenvalue weighted by atomic mass is 127. The fraction of sp³-hybridized carbons (Fsp3) is 0.182. The minimum Gasteiger partial charge on any atom is -0.497 e. The number of ether oxygens (including phenoxy) is 1. The summed E-state index contributed by atoms with van der Waals surface area (Å²) < 4.78 is 8.23. The van der Waals surface area contributed by atoms with E-state index in [-0.39, 0.29) is 0 Å². The number of rotatable bonds is 3. The monoisotopic (exact) mass is 314 g/mol. The van der Waals surface area contributed by atoms with Gasteiger partial charge in [0.25, 0.3) is 0 Å². The first-order valence-corrected chi connectivity index (χ1v) is 5.67. The number of methoxy groups -OCH3 is 1. The molecule has 0 amide bonds. The normalized spacial score (nSPS) is 10.3. The number of aromatic nitrogens is 2. The van der Waals surface area contributed by atoms with Crippen LogP contribution in [0.1, 0.15) is 5.56 Å². The first-order chi connectivity index (χ1) is 7.28. The lowest BCUT2D eigenvalue weighted by atomic mass is 10.2. The van der Waals surface area contributed by atoms with Crippen molar-refractivity contribution in [3.63, 3.8) is 0 Å². The molecule has 0 radical (unpaired) electrons. The second kappa shape index (κ2) is 4.65. The van der Waals surface area contributed by atoms with Crippen LogP contribution in [0.4, 0.5) is 0 Å². The first kappa shape index (κ1) is 10.5. The molecule has 0 aliphatic heterocycles. The number of benzene rings is 1. The zero-order valence-electron chi connectivity index (χ0n) is 8.35. The van der Waals surface area contributed by atoms with Gasteiger partial charge in [0.2, 0.25) is 0 Å². The molecule has 1 aromatic carbocycles. The van der Waals surface area contributed by atoms with E-state index in [1.165, 1.54) is 5.56 Å². The summed E-state index contributed by atoms with van der Waals surface area (Å²) in [6, 6.07) is 8.02. The lowest BCUT2D eigenvalue weighted by Crippen LogP contribution is -1.99. The molecule has 0 atom stereocenters. The first-order valence-electron chi connectivity index (χ1n) is 4.59. The highest BCUT2D eigenvalue weighted by Crippen LogP contribution is 2.13. The van der Waals surface area contributed by atoms with Crippen molar-refractivity contribution in [2.45, 2.75) is 6.54 Å². The minimum atomic E-state index is 0.778. The van der Waals surface area contributed by atoms with Crippen molar-refractivity contribution in [3.05, 3.63) is 45.8 Å². The van der Waals surface area contributed by atoms with Gasteiger partial charge in [-0.2, -0.15) is 5.10 Å². The Balaban J connectivity index is 2.16. The average Bonchev–Trinajstić information content (AvgIpc) is 2.64. The molecule has 0 aliphatic rings. The number of hydrogen-bond donors (Lipinski definition) is 0. The molecule has 1 aromatic heterocycles. The van der Waals surface area contributed by atoms with Crippen molar-refractivity contribution in [1.82, 2.24) is 9.78 Å². The van der Waals surface area contributed by atoms with Gasteiger partial charge in [-0.15, -0.1) is 0 Å². The van der Waals surface area contributed by atoms with Gasteiger partial charge >= 0.3 is 0 Å². The predicted octanol–water partition coefficient (Wildman–Crippen LogP) is 2.54. The highest BCUT2D eigenvalue weighted by Gasteiger charge is 1.98. The molecular weight excluding hydrogens is 303 g/mol. The van der Waals surface area contributed by atoms with E-state index in [0.717, 1.165) is 15.9 Å². The Hall–Kier alpha value is -1.04. The zero-order valence-corrected chi connectivity index (χ0v) is 10.5. The van der Waals surface area contributed by atoms with Gasteiger partial charge in [-0.05, 0) is 40.3 Å². The Morgan fingerprint density at radius 2 is 2.33 bits per heavy atom. The second-order valence-electron chi connectivity index (χ2n) is 3.21. The summed E-state index contributed by atoms with van der Waals surface area (Å²) in [4.78, 5) is 0. The van der Waals surface area contributed by atoms with Crippen molar-refractivity contribution < 1.29 is 4.74 Å². The molecule has 1 heterocycles. The lowest BCUT2D eigenvalue weighted by Gasteiger charge is -2.04. The third-order valence-corrected chi connectivity index (χ3v) is 2.64. The summed E-state index contributed by atoms with van der Waals surface area (Å²) in [6.07, 6.45) is 3.86. The van der Waals surface area contributed by atoms with Gasteiger partial charge in [-0.3, -0.25) is 4.68 Å². The smallest absolute Gasteiger partial charge is 0.119 e. The van der Waals surface area contributed by atoms with Crippen molar-refractivity contribution in [2.75, 3.05) is 7.11 Å². The fourth-order valence-electron chi connectivity index (χ4n) is 1.38. The van der Waals surface area contributed by atoms with Gasteiger partial charge in [-0.25, -0.2) is 0 Å². The zero-order chi connectivity index (χ0) is 10.7. The number of halogens is 1. The number of nitrogens with zero attached hydrogens (tertiary/aromatic N) is 2. The molecule has 0 bridgehead atoms. The molecule has 0 fully saturated rings. The molecule has 0 saturated carbocycles. The van der Waals surface area contributed by atoms with E-state index in [2.05, 4.69) is 33.8 Å². The minimum absolute atomic E-state index is 0.778. The van der Waals surface area contributed by atoms with E-state index < -0.39 is 0 Å². The van der Waals surface area contributed by atoms with Crippen LogP contribution in [0.3, 0.4) is 0 Å². The summed E-state index contributed by atoms with van der Waals surface area (Å²) in [5, 5.41) is 4.23. The van der Waals surface area contributed by atoms with Crippen LogP contribution in [0.5, 0.6) is 5.75 Å². The van der Waals surface area contributed by atoms with Crippen LogP contribution in [0.15, 0.2) is 36.7 Å². The van der Waals surface area contributed by atoms with E-state index in [1.807, 2.05) is 35.3 Å². The highest BCUT2D eigenvalue weighted by molar-refractivity contribution is 14.1. The largest absolute Gasteiger partial charge is 0.497 e. The van der Waals surface area contributed by atoms with Crippen LogP contribution in [0.25, 0.3) is 0 Å². The molecule has 0 N–H and O–H groups in total. The van der Waals surface area contributed by atoms with Gasteiger partial charge in [0.1, 0.15) is 5.75 Å². The Morgan fingerprint density at radius 1 is 1.47 bits per heavy atom. The third kappa shape index (κ3) is 2.71. The number of hydrogen-bond acceptors (Lipinski definition) is 2.